The molecular formula is C29H25FN4O6S2. The first-order valence-electron chi connectivity index (χ1n) is 13.0. The predicted molar refractivity (Wildman–Crippen MR) is 151 cm³/mol. The fraction of sp³-hybridized carbons (Fsp3) is 0.276. The average molecular weight is 609 g/mol. The van der Waals surface area contributed by atoms with Gasteiger partial charge in [-0.3, -0.25) is 0 Å². The summed E-state index contributed by atoms with van der Waals surface area (Å²) in [5.41, 5.74) is 2.74. The minimum Gasteiger partial charge on any atom is -0.476 e. The zero-order valence-electron chi connectivity index (χ0n) is 22.1. The summed E-state index contributed by atoms with van der Waals surface area (Å²) in [6, 6.07) is 11.1. The van der Waals surface area contributed by atoms with Gasteiger partial charge in [0.05, 0.1) is 24.6 Å². The highest BCUT2D eigenvalue weighted by Gasteiger charge is 2.34. The maximum Gasteiger partial charge on any atom is 0.355 e. The van der Waals surface area contributed by atoms with Crippen LogP contribution in [0.4, 0.5) is 4.39 Å². The van der Waals surface area contributed by atoms with Crippen LogP contribution in [0.2, 0.25) is 0 Å². The molecule has 10 nitrogen and oxygen atoms in total. The first-order valence-corrected chi connectivity index (χ1v) is 15.5. The third-order valence-corrected chi connectivity index (χ3v) is 8.86. The molecule has 13 heteroatoms. The number of aromatic carboxylic acids is 1. The number of rotatable bonds is 8. The number of hydrogen-bond acceptors (Lipinski definition) is 8. The van der Waals surface area contributed by atoms with E-state index in [1.54, 1.807) is 4.68 Å². The van der Waals surface area contributed by atoms with E-state index in [-0.39, 0.29) is 25.3 Å². The van der Waals surface area contributed by atoms with Crippen LogP contribution >= 0.6 is 11.3 Å². The molecule has 1 saturated heterocycles. The highest BCUT2D eigenvalue weighted by atomic mass is 32.2. The minimum atomic E-state index is -4.23. The molecule has 3 heterocycles. The summed E-state index contributed by atoms with van der Waals surface area (Å²) in [5.74, 6) is 4.16. The standard InChI is InChI=1S/C29H25FN4O6S2/c30-22-12-19(6-7-25(22)42(31,38)39)11-21-24(13-18-4-5-18)34(28-32-23(14-41-28)27(35)36)33-26(21)20-3-1-2-17(10-20)8-9-29(37)15-40-16-29/h1-3,6-7,10,12,14,18,37H,4-5,11,13,15-16H2,(H,35,36)(H2,31,38,39). The van der Waals surface area contributed by atoms with Crippen LogP contribution < -0.4 is 5.14 Å². The number of nitrogens with zero attached hydrogens (tertiary/aromatic N) is 3. The van der Waals surface area contributed by atoms with Gasteiger partial charge < -0.3 is 14.9 Å². The van der Waals surface area contributed by atoms with Crippen molar-refractivity contribution in [1.82, 2.24) is 14.8 Å². The molecule has 1 saturated carbocycles. The van der Waals surface area contributed by atoms with E-state index in [4.69, 9.17) is 15.0 Å². The van der Waals surface area contributed by atoms with Gasteiger partial charge in [-0.1, -0.05) is 30.0 Å². The number of aromatic nitrogens is 3. The molecule has 2 aromatic heterocycles. The smallest absolute Gasteiger partial charge is 0.355 e. The molecular weight excluding hydrogens is 583 g/mol. The highest BCUT2D eigenvalue weighted by Crippen LogP contribution is 2.38. The van der Waals surface area contributed by atoms with Gasteiger partial charge in [0.15, 0.2) is 11.3 Å². The number of nitrogens with two attached hydrogens (primary N) is 1. The van der Waals surface area contributed by atoms with Gasteiger partial charge in [-0.2, -0.15) is 5.10 Å². The molecule has 2 aromatic carbocycles. The van der Waals surface area contributed by atoms with Gasteiger partial charge >= 0.3 is 5.97 Å². The number of primary sulfonamides is 1. The first-order chi connectivity index (χ1) is 20.0. The van der Waals surface area contributed by atoms with Gasteiger partial charge in [0.1, 0.15) is 10.7 Å². The number of halogens is 1. The zero-order valence-corrected chi connectivity index (χ0v) is 23.7. The van der Waals surface area contributed by atoms with E-state index in [2.05, 4.69) is 16.8 Å². The Balaban J connectivity index is 1.49. The number of carboxylic acids is 1. The van der Waals surface area contributed by atoms with Crippen molar-refractivity contribution in [3.8, 4) is 28.2 Å². The van der Waals surface area contributed by atoms with Crippen molar-refractivity contribution in [2.24, 2.45) is 11.1 Å². The molecule has 4 aromatic rings. The summed E-state index contributed by atoms with van der Waals surface area (Å²) in [7, 11) is -4.23. The van der Waals surface area contributed by atoms with Gasteiger partial charge in [-0.15, -0.1) is 11.3 Å². The van der Waals surface area contributed by atoms with E-state index in [0.717, 1.165) is 47.6 Å². The van der Waals surface area contributed by atoms with Gasteiger partial charge in [0.25, 0.3) is 0 Å². The Labute approximate surface area is 244 Å². The van der Waals surface area contributed by atoms with Crippen LogP contribution in [0.15, 0.2) is 52.7 Å². The van der Waals surface area contributed by atoms with E-state index in [0.29, 0.717) is 39.9 Å². The second kappa shape index (κ2) is 10.7. The van der Waals surface area contributed by atoms with Crippen molar-refractivity contribution >= 4 is 27.3 Å². The van der Waals surface area contributed by atoms with Crippen LogP contribution in [-0.4, -0.2) is 58.2 Å². The molecule has 2 fully saturated rings. The fourth-order valence-electron chi connectivity index (χ4n) is 4.72. The van der Waals surface area contributed by atoms with Crippen molar-refractivity contribution in [3.63, 3.8) is 0 Å². The zero-order chi connectivity index (χ0) is 29.6. The van der Waals surface area contributed by atoms with Crippen molar-refractivity contribution in [2.45, 2.75) is 36.2 Å². The normalized spacial score (nSPS) is 16.0. The lowest BCUT2D eigenvalue weighted by atomic mass is 9.96. The maximum atomic E-state index is 14.8. The number of benzene rings is 2. The molecule has 1 aliphatic heterocycles. The third kappa shape index (κ3) is 5.85. The maximum absolute atomic E-state index is 14.8. The Morgan fingerprint density at radius 1 is 1.24 bits per heavy atom. The van der Waals surface area contributed by atoms with Crippen molar-refractivity contribution in [1.29, 1.82) is 0 Å². The van der Waals surface area contributed by atoms with E-state index in [1.165, 1.54) is 11.4 Å². The molecule has 2 aliphatic rings. The van der Waals surface area contributed by atoms with E-state index in [1.807, 2.05) is 24.3 Å². The lowest BCUT2D eigenvalue weighted by Crippen LogP contribution is -2.48. The molecule has 6 rings (SSSR count). The van der Waals surface area contributed by atoms with Gasteiger partial charge in [0, 0.05) is 28.5 Å². The second-order valence-electron chi connectivity index (χ2n) is 10.5. The highest BCUT2D eigenvalue weighted by molar-refractivity contribution is 7.89. The third-order valence-electron chi connectivity index (χ3n) is 7.10. The lowest BCUT2D eigenvalue weighted by molar-refractivity contribution is -0.140. The molecule has 0 unspecified atom stereocenters. The average Bonchev–Trinajstić information content (AvgIpc) is 3.48. The number of thiazole rings is 1. The Bertz CT molecular complexity index is 1880. The quantitative estimate of drug-likeness (QED) is 0.258. The first kappa shape index (κ1) is 28.2. The summed E-state index contributed by atoms with van der Waals surface area (Å²) in [5, 5.41) is 31.7. The lowest BCUT2D eigenvalue weighted by Gasteiger charge is -2.30. The minimum absolute atomic E-state index is 0.0956. The second-order valence-corrected chi connectivity index (χ2v) is 12.9. The van der Waals surface area contributed by atoms with Crippen LogP contribution in [0.25, 0.3) is 16.4 Å². The molecule has 216 valence electrons. The summed E-state index contributed by atoms with van der Waals surface area (Å²) in [4.78, 5) is 15.3. The summed E-state index contributed by atoms with van der Waals surface area (Å²) >= 11 is 1.15. The fourth-order valence-corrected chi connectivity index (χ4v) is 6.08. The van der Waals surface area contributed by atoms with Crippen LogP contribution in [-0.2, 0) is 27.6 Å². The SMILES string of the molecule is NS(=O)(=O)c1ccc(Cc2c(-c3cccc(C#CC4(O)COC4)c3)nn(-c3nc(C(=O)O)cs3)c2CC2CC2)cc1F. The molecule has 0 radical (unpaired) electrons. The van der Waals surface area contributed by atoms with Crippen molar-refractivity contribution in [3.05, 3.63) is 81.7 Å². The number of aliphatic hydroxyl groups is 1. The van der Waals surface area contributed by atoms with Crippen molar-refractivity contribution in [2.75, 3.05) is 13.2 Å². The van der Waals surface area contributed by atoms with E-state index >= 15 is 0 Å². The molecule has 42 heavy (non-hydrogen) atoms. The Morgan fingerprint density at radius 3 is 2.64 bits per heavy atom. The van der Waals surface area contributed by atoms with Crippen LogP contribution in [0.5, 0.6) is 0 Å². The van der Waals surface area contributed by atoms with Crippen LogP contribution in [0, 0.1) is 23.6 Å². The number of carboxylic acid groups (broad SMARTS) is 1. The van der Waals surface area contributed by atoms with E-state index < -0.39 is 32.3 Å². The van der Waals surface area contributed by atoms with Gasteiger partial charge in [-0.05, 0) is 55.0 Å². The largest absolute Gasteiger partial charge is 0.476 e. The van der Waals surface area contributed by atoms with Crippen LogP contribution in [0.3, 0.4) is 0 Å². The molecule has 4 N–H and O–H groups in total. The van der Waals surface area contributed by atoms with Crippen LogP contribution in [0.1, 0.15) is 45.7 Å². The molecule has 1 aliphatic carbocycles. The Kier molecular flexibility index (Phi) is 7.20. The molecule has 0 spiro atoms. The predicted octanol–water partition coefficient (Wildman–Crippen LogP) is 3.14. The number of sulfonamides is 1. The molecule has 0 amide bonds. The Morgan fingerprint density at radius 2 is 2.02 bits per heavy atom. The summed E-state index contributed by atoms with van der Waals surface area (Å²) in [6.45, 7) is 0.289. The van der Waals surface area contributed by atoms with Gasteiger partial charge in [0.2, 0.25) is 15.2 Å². The summed E-state index contributed by atoms with van der Waals surface area (Å²) < 4.78 is 45.1. The van der Waals surface area contributed by atoms with Crippen molar-refractivity contribution < 1.29 is 32.6 Å². The topological polar surface area (TPSA) is 158 Å². The number of hydrogen-bond donors (Lipinski definition) is 3. The number of carbonyl (C=O) groups is 1. The monoisotopic (exact) mass is 608 g/mol. The Hall–Kier alpha value is -3.93. The molecule has 0 atom stereocenters. The molecule has 0 bridgehead atoms. The van der Waals surface area contributed by atoms with E-state index in [9.17, 15) is 27.8 Å². The van der Waals surface area contributed by atoms with Gasteiger partial charge in [-0.25, -0.2) is 32.4 Å². The summed E-state index contributed by atoms with van der Waals surface area (Å²) in [6.07, 6.45) is 2.93. The number of ether oxygens (including phenoxy) is 1.